The van der Waals surface area contributed by atoms with Crippen molar-refractivity contribution in [3.63, 3.8) is 0 Å². The van der Waals surface area contributed by atoms with E-state index in [0.29, 0.717) is 31.1 Å². The number of fused-ring (bicyclic) bond motifs is 2. The van der Waals surface area contributed by atoms with Crippen LogP contribution in [0.1, 0.15) is 52.7 Å². The standard InChI is InChI=1S/C29H36N2O5Si/c1-19-23-8-6-5-7-20(23)16-26(19)36-22-9-10-24-21(15-22)17-30(28(24)33)25-11-12-27(32)31(29(25)34)18-35-13-14-37(2,3)4/h5-10,15,19,25-26H,11-14,16-18H2,1-4H3/t19-,25?,26-/m0/s1. The average Bonchev–Trinajstić information content (AvgIpc) is 3.34. The molecular weight excluding hydrogens is 484 g/mol. The van der Waals surface area contributed by atoms with E-state index in [1.807, 2.05) is 12.1 Å². The molecule has 0 aromatic heterocycles. The summed E-state index contributed by atoms with van der Waals surface area (Å²) in [5.74, 6) is 0.273. The van der Waals surface area contributed by atoms with Crippen LogP contribution in [0.5, 0.6) is 5.75 Å². The van der Waals surface area contributed by atoms with Gasteiger partial charge in [0.25, 0.3) is 11.8 Å². The average molecular weight is 521 g/mol. The Morgan fingerprint density at radius 1 is 1.03 bits per heavy atom. The van der Waals surface area contributed by atoms with Gasteiger partial charge in [0.05, 0.1) is 0 Å². The molecule has 1 aliphatic carbocycles. The molecule has 8 heteroatoms. The van der Waals surface area contributed by atoms with Crippen molar-refractivity contribution in [1.82, 2.24) is 9.80 Å². The monoisotopic (exact) mass is 520 g/mol. The summed E-state index contributed by atoms with van der Waals surface area (Å²) in [4.78, 5) is 41.8. The summed E-state index contributed by atoms with van der Waals surface area (Å²) in [5, 5.41) is 0. The molecule has 2 aliphatic heterocycles. The first kappa shape index (κ1) is 25.7. The fourth-order valence-corrected chi connectivity index (χ4v) is 6.26. The van der Waals surface area contributed by atoms with Gasteiger partial charge in [-0.2, -0.15) is 0 Å². The molecule has 1 unspecified atom stereocenters. The second kappa shape index (κ2) is 10.1. The van der Waals surface area contributed by atoms with Crippen molar-refractivity contribution >= 4 is 25.8 Å². The number of nitrogens with zero attached hydrogens (tertiary/aromatic N) is 2. The Bertz CT molecular complexity index is 1220. The molecule has 0 spiro atoms. The van der Waals surface area contributed by atoms with Gasteiger partial charge in [-0.25, -0.2) is 0 Å². The second-order valence-corrected chi connectivity index (χ2v) is 17.3. The summed E-state index contributed by atoms with van der Waals surface area (Å²) < 4.78 is 12.1. The Balaban J connectivity index is 1.24. The van der Waals surface area contributed by atoms with Crippen LogP contribution in [-0.2, 0) is 27.3 Å². The fourth-order valence-electron chi connectivity index (χ4n) is 5.50. The van der Waals surface area contributed by atoms with Crippen LogP contribution in [0.2, 0.25) is 25.7 Å². The van der Waals surface area contributed by atoms with Gasteiger partial charge in [0.15, 0.2) is 0 Å². The Kier molecular flexibility index (Phi) is 6.98. The van der Waals surface area contributed by atoms with Gasteiger partial charge in [-0.15, -0.1) is 0 Å². The van der Waals surface area contributed by atoms with E-state index in [1.165, 1.54) is 16.0 Å². The smallest absolute Gasteiger partial charge is 0.255 e. The lowest BCUT2D eigenvalue weighted by atomic mass is 10.0. The normalized spacial score (nSPS) is 23.5. The van der Waals surface area contributed by atoms with E-state index in [2.05, 4.69) is 50.8 Å². The summed E-state index contributed by atoms with van der Waals surface area (Å²) in [6.07, 6.45) is 1.47. The molecule has 3 aliphatic rings. The first-order chi connectivity index (χ1) is 17.6. The topological polar surface area (TPSA) is 76.2 Å². The van der Waals surface area contributed by atoms with Crippen LogP contribution in [0.25, 0.3) is 0 Å². The van der Waals surface area contributed by atoms with Crippen LogP contribution in [0, 0.1) is 0 Å². The van der Waals surface area contributed by atoms with E-state index in [9.17, 15) is 14.4 Å². The zero-order valence-electron chi connectivity index (χ0n) is 22.2. The molecule has 5 rings (SSSR count). The minimum atomic E-state index is -1.27. The van der Waals surface area contributed by atoms with Crippen molar-refractivity contribution in [2.45, 2.75) is 76.5 Å². The first-order valence-corrected chi connectivity index (χ1v) is 16.9. The zero-order chi connectivity index (χ0) is 26.3. The van der Waals surface area contributed by atoms with Crippen molar-refractivity contribution in [2.24, 2.45) is 0 Å². The highest BCUT2D eigenvalue weighted by molar-refractivity contribution is 6.76. The number of benzene rings is 2. The van der Waals surface area contributed by atoms with Crippen molar-refractivity contribution in [3.05, 3.63) is 64.7 Å². The Hall–Kier alpha value is -2.97. The number of hydrogen-bond donors (Lipinski definition) is 0. The van der Waals surface area contributed by atoms with Gasteiger partial charge in [-0.3, -0.25) is 19.3 Å². The molecule has 3 atom stereocenters. The summed E-state index contributed by atoms with van der Waals surface area (Å²) in [5.41, 5.74) is 4.10. The van der Waals surface area contributed by atoms with Crippen LogP contribution in [0.3, 0.4) is 0 Å². The number of likely N-dealkylation sites (tertiary alicyclic amines) is 1. The van der Waals surface area contributed by atoms with Crippen molar-refractivity contribution in [3.8, 4) is 5.75 Å². The highest BCUT2D eigenvalue weighted by Crippen LogP contribution is 2.37. The van der Waals surface area contributed by atoms with E-state index in [0.717, 1.165) is 23.8 Å². The molecular formula is C29H36N2O5Si. The molecule has 2 aromatic carbocycles. The lowest BCUT2D eigenvalue weighted by Crippen LogP contribution is -2.55. The zero-order valence-corrected chi connectivity index (χ0v) is 23.2. The molecule has 2 heterocycles. The third-order valence-electron chi connectivity index (χ3n) is 7.80. The summed E-state index contributed by atoms with van der Waals surface area (Å²) in [7, 11) is -1.27. The van der Waals surface area contributed by atoms with Crippen LogP contribution in [-0.4, -0.2) is 61.1 Å². The first-order valence-electron chi connectivity index (χ1n) is 13.2. The van der Waals surface area contributed by atoms with Crippen LogP contribution < -0.4 is 4.74 Å². The molecule has 0 bridgehead atoms. The third-order valence-corrected chi connectivity index (χ3v) is 9.50. The molecule has 3 amide bonds. The second-order valence-electron chi connectivity index (χ2n) is 11.7. The van der Waals surface area contributed by atoms with Crippen LogP contribution in [0.15, 0.2) is 42.5 Å². The molecule has 37 heavy (non-hydrogen) atoms. The highest BCUT2D eigenvalue weighted by Gasteiger charge is 2.43. The molecule has 0 N–H and O–H groups in total. The maximum atomic E-state index is 13.3. The van der Waals surface area contributed by atoms with Gasteiger partial charge in [-0.05, 0) is 47.4 Å². The van der Waals surface area contributed by atoms with E-state index in [1.54, 1.807) is 11.0 Å². The number of rotatable bonds is 8. The minimum absolute atomic E-state index is 0.0455. The predicted molar refractivity (Wildman–Crippen MR) is 143 cm³/mol. The van der Waals surface area contributed by atoms with Gasteiger partial charge in [0.1, 0.15) is 24.6 Å². The largest absolute Gasteiger partial charge is 0.489 e. The lowest BCUT2D eigenvalue weighted by Gasteiger charge is -2.35. The van der Waals surface area contributed by atoms with Gasteiger partial charge in [0.2, 0.25) is 5.91 Å². The fraction of sp³-hybridized carbons (Fsp3) is 0.483. The summed E-state index contributed by atoms with van der Waals surface area (Å²) in [6, 6.07) is 14.3. The molecule has 0 radical (unpaired) electrons. The number of ether oxygens (including phenoxy) is 2. The highest BCUT2D eigenvalue weighted by atomic mass is 28.3. The lowest BCUT2D eigenvalue weighted by molar-refractivity contribution is -0.158. The quantitative estimate of drug-likeness (QED) is 0.289. The van der Waals surface area contributed by atoms with Gasteiger partial charge >= 0.3 is 0 Å². The van der Waals surface area contributed by atoms with Crippen LogP contribution in [0.4, 0.5) is 0 Å². The van der Waals surface area contributed by atoms with Crippen LogP contribution >= 0.6 is 0 Å². The number of carbonyl (C=O) groups is 3. The van der Waals surface area contributed by atoms with E-state index < -0.39 is 14.1 Å². The Labute approximate surface area is 219 Å². The molecule has 2 aromatic rings. The maximum absolute atomic E-state index is 13.3. The van der Waals surface area contributed by atoms with Gasteiger partial charge in [0, 0.05) is 45.5 Å². The van der Waals surface area contributed by atoms with Crippen molar-refractivity contribution < 1.29 is 23.9 Å². The number of carbonyl (C=O) groups excluding carboxylic acids is 3. The number of imide groups is 1. The minimum Gasteiger partial charge on any atom is -0.489 e. The van der Waals surface area contributed by atoms with Gasteiger partial charge in [-0.1, -0.05) is 50.8 Å². The van der Waals surface area contributed by atoms with E-state index in [-0.39, 0.29) is 37.0 Å². The molecule has 7 nitrogen and oxygen atoms in total. The van der Waals surface area contributed by atoms with Gasteiger partial charge < -0.3 is 14.4 Å². The predicted octanol–water partition coefficient (Wildman–Crippen LogP) is 4.58. The number of hydrogen-bond acceptors (Lipinski definition) is 5. The molecule has 0 saturated carbocycles. The SMILES string of the molecule is C[C@H]1c2ccccc2C[C@@H]1Oc1ccc2c(c1)CN(C1CCC(=O)N(COCC[Si](C)(C)C)C1=O)C2=O. The van der Waals surface area contributed by atoms with Crippen molar-refractivity contribution in [2.75, 3.05) is 13.3 Å². The molecule has 196 valence electrons. The maximum Gasteiger partial charge on any atom is 0.255 e. The Morgan fingerprint density at radius 2 is 1.81 bits per heavy atom. The van der Waals surface area contributed by atoms with E-state index in [4.69, 9.17) is 9.47 Å². The number of amides is 3. The van der Waals surface area contributed by atoms with Crippen molar-refractivity contribution in [1.29, 1.82) is 0 Å². The molecule has 1 fully saturated rings. The summed E-state index contributed by atoms with van der Waals surface area (Å²) >= 11 is 0. The summed E-state index contributed by atoms with van der Waals surface area (Å²) in [6.45, 7) is 9.76. The van der Waals surface area contributed by atoms with E-state index >= 15 is 0 Å². The molecule has 1 saturated heterocycles. The Morgan fingerprint density at radius 3 is 2.57 bits per heavy atom. The third kappa shape index (κ3) is 5.22. The number of piperidine rings is 1.